The molecule has 0 saturated heterocycles. The fraction of sp³-hybridized carbons (Fsp3) is 0.368. The smallest absolute Gasteiger partial charge is 0.270 e. The summed E-state index contributed by atoms with van der Waals surface area (Å²) in [7, 11) is 4.06. The molecule has 0 N–H and O–H groups in total. The molecule has 0 aliphatic carbocycles. The van der Waals surface area contributed by atoms with Crippen molar-refractivity contribution >= 4 is 17.3 Å². The van der Waals surface area contributed by atoms with Crippen molar-refractivity contribution in [1.82, 2.24) is 9.80 Å². The van der Waals surface area contributed by atoms with Crippen molar-refractivity contribution in [2.75, 3.05) is 40.3 Å². The molecule has 0 amide bonds. The maximum absolute atomic E-state index is 11.3. The molecule has 1 atom stereocenters. The molecule has 3 rings (SSSR count). The predicted molar refractivity (Wildman–Crippen MR) is 102 cm³/mol. The molecule has 2 aromatic carbocycles. The van der Waals surface area contributed by atoms with E-state index in [1.54, 1.807) is 12.1 Å². The molecule has 0 aromatic heterocycles. The van der Waals surface area contributed by atoms with Gasteiger partial charge in [0.1, 0.15) is 12.4 Å². The minimum atomic E-state index is -0.367. The van der Waals surface area contributed by atoms with Gasteiger partial charge in [-0.05, 0) is 37.9 Å². The topological polar surface area (TPSA) is 58.8 Å². The second-order valence-electron chi connectivity index (χ2n) is 6.62. The monoisotopic (exact) mass is 375 g/mol. The zero-order valence-corrected chi connectivity index (χ0v) is 15.6. The molecule has 7 heteroatoms. The Kier molecular flexibility index (Phi) is 5.76. The van der Waals surface area contributed by atoms with Crippen LogP contribution in [0, 0.1) is 10.1 Å². The first-order valence-corrected chi connectivity index (χ1v) is 8.89. The van der Waals surface area contributed by atoms with E-state index in [1.807, 2.05) is 38.4 Å². The minimum absolute atomic E-state index is 0.0702. The molecule has 1 aliphatic rings. The Labute approximate surface area is 158 Å². The van der Waals surface area contributed by atoms with E-state index >= 15 is 0 Å². The van der Waals surface area contributed by atoms with Gasteiger partial charge in [-0.15, -0.1) is 0 Å². The van der Waals surface area contributed by atoms with Gasteiger partial charge in [0.05, 0.1) is 11.0 Å². The molecular formula is C19H22ClN3O3. The summed E-state index contributed by atoms with van der Waals surface area (Å²) in [5.74, 6) is 0.697. The van der Waals surface area contributed by atoms with Crippen LogP contribution >= 0.6 is 11.6 Å². The van der Waals surface area contributed by atoms with Gasteiger partial charge in [-0.1, -0.05) is 23.7 Å². The van der Waals surface area contributed by atoms with Gasteiger partial charge in [-0.25, -0.2) is 0 Å². The highest BCUT2D eigenvalue weighted by Crippen LogP contribution is 2.38. The lowest BCUT2D eigenvalue weighted by atomic mass is 9.96. The van der Waals surface area contributed by atoms with Crippen molar-refractivity contribution in [1.29, 1.82) is 0 Å². The fourth-order valence-electron chi connectivity index (χ4n) is 3.20. The van der Waals surface area contributed by atoms with Crippen molar-refractivity contribution < 1.29 is 9.66 Å². The first-order chi connectivity index (χ1) is 12.5. The van der Waals surface area contributed by atoms with Crippen molar-refractivity contribution in [3.05, 3.63) is 68.7 Å². The van der Waals surface area contributed by atoms with E-state index in [-0.39, 0.29) is 16.7 Å². The van der Waals surface area contributed by atoms with Crippen LogP contribution in [0.1, 0.15) is 17.2 Å². The van der Waals surface area contributed by atoms with Crippen molar-refractivity contribution in [2.45, 2.75) is 6.04 Å². The number of nitrogens with zero attached hydrogens (tertiary/aromatic N) is 3. The van der Waals surface area contributed by atoms with Gasteiger partial charge in [0, 0.05) is 42.4 Å². The van der Waals surface area contributed by atoms with E-state index in [0.717, 1.165) is 30.8 Å². The Hall–Kier alpha value is -2.15. The summed E-state index contributed by atoms with van der Waals surface area (Å²) >= 11 is 6.05. The highest BCUT2D eigenvalue weighted by Gasteiger charge is 2.29. The molecule has 0 spiro atoms. The second kappa shape index (κ2) is 8.03. The highest BCUT2D eigenvalue weighted by molar-refractivity contribution is 6.30. The summed E-state index contributed by atoms with van der Waals surface area (Å²) in [6, 6.07) is 12.4. The summed E-state index contributed by atoms with van der Waals surface area (Å²) in [4.78, 5) is 15.3. The summed E-state index contributed by atoms with van der Waals surface area (Å²) < 4.78 is 5.89. The molecule has 1 heterocycles. The zero-order valence-electron chi connectivity index (χ0n) is 14.9. The lowest BCUT2D eigenvalue weighted by Gasteiger charge is -2.31. The number of hydrogen-bond donors (Lipinski definition) is 0. The molecular weight excluding hydrogens is 354 g/mol. The number of benzene rings is 2. The van der Waals surface area contributed by atoms with E-state index in [1.165, 1.54) is 6.07 Å². The number of non-ortho nitro benzene ring substituents is 1. The third kappa shape index (κ3) is 4.15. The quantitative estimate of drug-likeness (QED) is 0.590. The Bertz CT molecular complexity index is 780. The van der Waals surface area contributed by atoms with Crippen LogP contribution in [-0.2, 0) is 0 Å². The summed E-state index contributed by atoms with van der Waals surface area (Å²) in [6.07, 6.45) is 0. The van der Waals surface area contributed by atoms with Gasteiger partial charge < -0.3 is 9.64 Å². The number of likely N-dealkylation sites (N-methyl/N-ethyl adjacent to an activating group) is 1. The first kappa shape index (κ1) is 18.6. The number of ether oxygens (including phenoxy) is 1. The van der Waals surface area contributed by atoms with Gasteiger partial charge in [0.15, 0.2) is 0 Å². The van der Waals surface area contributed by atoms with Gasteiger partial charge >= 0.3 is 0 Å². The first-order valence-electron chi connectivity index (χ1n) is 8.51. The number of halogens is 1. The van der Waals surface area contributed by atoms with Crippen LogP contribution in [0.3, 0.4) is 0 Å². The molecule has 2 aromatic rings. The normalized spacial score (nSPS) is 17.5. The largest absolute Gasteiger partial charge is 0.492 e. The van der Waals surface area contributed by atoms with Gasteiger partial charge in [-0.3, -0.25) is 15.0 Å². The van der Waals surface area contributed by atoms with Crippen LogP contribution in [0.25, 0.3) is 0 Å². The number of nitro benzene ring substituents is 1. The van der Waals surface area contributed by atoms with E-state index in [4.69, 9.17) is 16.3 Å². The molecule has 0 bridgehead atoms. The Morgan fingerprint density at radius 1 is 1.27 bits per heavy atom. The van der Waals surface area contributed by atoms with Crippen LogP contribution in [0.5, 0.6) is 5.75 Å². The van der Waals surface area contributed by atoms with Crippen molar-refractivity contribution in [3.8, 4) is 5.75 Å². The van der Waals surface area contributed by atoms with Gasteiger partial charge in [0.25, 0.3) is 5.69 Å². The van der Waals surface area contributed by atoms with Crippen LogP contribution < -0.4 is 4.74 Å². The molecule has 26 heavy (non-hydrogen) atoms. The lowest BCUT2D eigenvalue weighted by molar-refractivity contribution is -0.385. The van der Waals surface area contributed by atoms with E-state index in [2.05, 4.69) is 9.80 Å². The fourth-order valence-corrected chi connectivity index (χ4v) is 3.32. The van der Waals surface area contributed by atoms with Crippen LogP contribution in [-0.4, -0.2) is 55.1 Å². The standard InChI is InChI=1S/C19H22ClN3O3/c1-21(2)9-10-22-11-12-26-18-8-7-16(23(24)25)13-17(18)19(22)14-3-5-15(20)6-4-14/h3-8,13,19H,9-12H2,1-2H3. The molecule has 0 fully saturated rings. The highest BCUT2D eigenvalue weighted by atomic mass is 35.5. The molecule has 1 aliphatic heterocycles. The number of rotatable bonds is 5. The van der Waals surface area contributed by atoms with E-state index < -0.39 is 0 Å². The van der Waals surface area contributed by atoms with E-state index in [9.17, 15) is 10.1 Å². The average Bonchev–Trinajstić information content (AvgIpc) is 2.79. The van der Waals surface area contributed by atoms with Crippen molar-refractivity contribution in [3.63, 3.8) is 0 Å². The minimum Gasteiger partial charge on any atom is -0.492 e. The van der Waals surface area contributed by atoms with Crippen LogP contribution in [0.4, 0.5) is 5.69 Å². The third-order valence-electron chi connectivity index (χ3n) is 4.52. The third-order valence-corrected chi connectivity index (χ3v) is 4.77. The zero-order chi connectivity index (χ0) is 18.7. The molecule has 1 unspecified atom stereocenters. The average molecular weight is 376 g/mol. The number of nitro groups is 1. The SMILES string of the molecule is CN(C)CCN1CCOc2ccc([N+](=O)[O-])cc2C1c1ccc(Cl)cc1. The van der Waals surface area contributed by atoms with E-state index in [0.29, 0.717) is 17.4 Å². The van der Waals surface area contributed by atoms with Crippen LogP contribution in [0.2, 0.25) is 5.02 Å². The van der Waals surface area contributed by atoms with Gasteiger partial charge in [0.2, 0.25) is 0 Å². The number of fused-ring (bicyclic) bond motifs is 1. The Morgan fingerprint density at radius 3 is 2.65 bits per heavy atom. The summed E-state index contributed by atoms with van der Waals surface area (Å²) in [5.41, 5.74) is 1.93. The predicted octanol–water partition coefficient (Wildman–Crippen LogP) is 3.59. The Morgan fingerprint density at radius 2 is 2.00 bits per heavy atom. The summed E-state index contributed by atoms with van der Waals surface area (Å²) in [5, 5.41) is 11.9. The Balaban J connectivity index is 2.08. The molecule has 0 radical (unpaired) electrons. The maximum Gasteiger partial charge on any atom is 0.270 e. The molecule has 138 valence electrons. The maximum atomic E-state index is 11.3. The van der Waals surface area contributed by atoms with Gasteiger partial charge in [-0.2, -0.15) is 0 Å². The van der Waals surface area contributed by atoms with Crippen LogP contribution in [0.15, 0.2) is 42.5 Å². The summed E-state index contributed by atoms with van der Waals surface area (Å²) in [6.45, 7) is 2.99. The molecule has 6 nitrogen and oxygen atoms in total. The number of hydrogen-bond acceptors (Lipinski definition) is 5. The lowest BCUT2D eigenvalue weighted by Crippen LogP contribution is -2.36. The van der Waals surface area contributed by atoms with Crippen molar-refractivity contribution in [2.24, 2.45) is 0 Å². The second-order valence-corrected chi connectivity index (χ2v) is 7.06. The molecule has 0 saturated carbocycles.